The summed E-state index contributed by atoms with van der Waals surface area (Å²) < 4.78 is 5.51. The second-order valence-electron chi connectivity index (χ2n) is 3.00. The lowest BCUT2D eigenvalue weighted by atomic mass is 10.1. The molecule has 1 aliphatic heterocycles. The largest absolute Gasteiger partial charge is 0.357 e. The van der Waals surface area contributed by atoms with E-state index in [0.29, 0.717) is 12.8 Å². The number of ether oxygens (including phenoxy) is 1. The molecule has 0 amide bonds. The Labute approximate surface area is 71.8 Å². The molecule has 2 atom stereocenters. The van der Waals surface area contributed by atoms with E-state index in [-0.39, 0.29) is 6.10 Å². The molecule has 0 unspecified atom stereocenters. The van der Waals surface area contributed by atoms with Crippen molar-refractivity contribution in [1.29, 1.82) is 0 Å². The third-order valence-electron chi connectivity index (χ3n) is 2.16. The number of pyridine rings is 1. The summed E-state index contributed by atoms with van der Waals surface area (Å²) >= 11 is 0. The van der Waals surface area contributed by atoms with E-state index in [1.165, 1.54) is 5.56 Å². The molecule has 0 aliphatic carbocycles. The molecule has 0 spiro atoms. The predicted molar refractivity (Wildman–Crippen MR) is 45.5 cm³/mol. The van der Waals surface area contributed by atoms with Gasteiger partial charge in [0.2, 0.25) is 0 Å². The Kier molecular flexibility index (Phi) is 2.06. The van der Waals surface area contributed by atoms with Gasteiger partial charge in [0.15, 0.2) is 0 Å². The first kappa shape index (κ1) is 7.71. The SMILES string of the molecule is C[C@@H]1NCO[C@@H]1c1ccncc1. The molecule has 1 aromatic heterocycles. The molecule has 0 radical (unpaired) electrons. The number of hydrogen-bond acceptors (Lipinski definition) is 3. The lowest BCUT2D eigenvalue weighted by molar-refractivity contribution is 0.105. The molecule has 2 heterocycles. The van der Waals surface area contributed by atoms with Crippen LogP contribution in [-0.4, -0.2) is 17.8 Å². The molecule has 1 aromatic rings. The molecule has 1 aliphatic rings. The molecule has 0 saturated carbocycles. The highest BCUT2D eigenvalue weighted by Gasteiger charge is 2.24. The van der Waals surface area contributed by atoms with Crippen molar-refractivity contribution >= 4 is 0 Å². The number of aromatic nitrogens is 1. The van der Waals surface area contributed by atoms with Gasteiger partial charge in [0.05, 0.1) is 12.8 Å². The monoisotopic (exact) mass is 164 g/mol. The summed E-state index contributed by atoms with van der Waals surface area (Å²) in [5.41, 5.74) is 1.20. The van der Waals surface area contributed by atoms with Gasteiger partial charge in [0.25, 0.3) is 0 Å². The zero-order valence-corrected chi connectivity index (χ0v) is 7.03. The van der Waals surface area contributed by atoms with Gasteiger partial charge in [-0.3, -0.25) is 10.3 Å². The summed E-state index contributed by atoms with van der Waals surface area (Å²) in [6, 6.07) is 4.38. The second-order valence-corrected chi connectivity index (χ2v) is 3.00. The van der Waals surface area contributed by atoms with Gasteiger partial charge in [0.1, 0.15) is 0 Å². The maximum Gasteiger partial charge on any atom is 0.0994 e. The standard InChI is InChI=1S/C9H12N2O/c1-7-9(12-6-11-7)8-2-4-10-5-3-8/h2-5,7,9,11H,6H2,1H3/t7-,9-/m0/s1. The molecule has 1 N–H and O–H groups in total. The molecular formula is C9H12N2O. The van der Waals surface area contributed by atoms with Gasteiger partial charge >= 0.3 is 0 Å². The summed E-state index contributed by atoms with van der Waals surface area (Å²) in [7, 11) is 0. The highest BCUT2D eigenvalue weighted by Crippen LogP contribution is 2.23. The fraction of sp³-hybridized carbons (Fsp3) is 0.444. The van der Waals surface area contributed by atoms with E-state index in [1.54, 1.807) is 12.4 Å². The third-order valence-corrected chi connectivity index (χ3v) is 2.16. The predicted octanol–water partition coefficient (Wildman–Crippen LogP) is 1.09. The Morgan fingerprint density at radius 3 is 2.83 bits per heavy atom. The van der Waals surface area contributed by atoms with Gasteiger partial charge < -0.3 is 4.74 Å². The van der Waals surface area contributed by atoms with Crippen molar-refractivity contribution < 1.29 is 4.74 Å². The normalized spacial score (nSPS) is 29.1. The van der Waals surface area contributed by atoms with Gasteiger partial charge in [-0.05, 0) is 24.6 Å². The van der Waals surface area contributed by atoms with Crippen LogP contribution in [0.1, 0.15) is 18.6 Å². The highest BCUT2D eigenvalue weighted by atomic mass is 16.5. The van der Waals surface area contributed by atoms with E-state index in [4.69, 9.17) is 4.74 Å². The fourth-order valence-electron chi connectivity index (χ4n) is 1.46. The minimum Gasteiger partial charge on any atom is -0.357 e. The Balaban J connectivity index is 2.19. The van der Waals surface area contributed by atoms with Crippen molar-refractivity contribution in [3.05, 3.63) is 30.1 Å². The minimum absolute atomic E-state index is 0.188. The van der Waals surface area contributed by atoms with Crippen LogP contribution >= 0.6 is 0 Å². The maximum atomic E-state index is 5.51. The van der Waals surface area contributed by atoms with Crippen molar-refractivity contribution in [2.75, 3.05) is 6.73 Å². The van der Waals surface area contributed by atoms with Gasteiger partial charge in [0, 0.05) is 18.4 Å². The molecule has 0 aromatic carbocycles. The average Bonchev–Trinajstić information content (AvgIpc) is 2.53. The molecule has 3 nitrogen and oxygen atoms in total. The summed E-state index contributed by atoms with van der Waals surface area (Å²) in [4.78, 5) is 3.97. The maximum absolute atomic E-state index is 5.51. The van der Waals surface area contributed by atoms with Crippen LogP contribution in [0.15, 0.2) is 24.5 Å². The van der Waals surface area contributed by atoms with E-state index < -0.39 is 0 Å². The Hall–Kier alpha value is -0.930. The third kappa shape index (κ3) is 1.33. The fourth-order valence-corrected chi connectivity index (χ4v) is 1.46. The molecule has 1 fully saturated rings. The lowest BCUT2D eigenvalue weighted by Gasteiger charge is -2.13. The first-order chi connectivity index (χ1) is 5.88. The zero-order valence-electron chi connectivity index (χ0n) is 7.03. The summed E-state index contributed by atoms with van der Waals surface area (Å²) in [6.45, 7) is 2.77. The summed E-state index contributed by atoms with van der Waals surface area (Å²) in [6.07, 6.45) is 3.78. The molecule has 0 bridgehead atoms. The second kappa shape index (κ2) is 3.21. The van der Waals surface area contributed by atoms with Crippen LogP contribution in [0, 0.1) is 0 Å². The van der Waals surface area contributed by atoms with Gasteiger partial charge in [-0.2, -0.15) is 0 Å². The first-order valence-electron chi connectivity index (χ1n) is 4.13. The molecule has 2 rings (SSSR count). The number of nitrogens with zero attached hydrogens (tertiary/aromatic N) is 1. The van der Waals surface area contributed by atoms with Crippen LogP contribution in [0.2, 0.25) is 0 Å². The van der Waals surface area contributed by atoms with E-state index in [9.17, 15) is 0 Å². The zero-order chi connectivity index (χ0) is 8.39. The quantitative estimate of drug-likeness (QED) is 0.674. The van der Waals surface area contributed by atoms with Crippen LogP contribution in [0.3, 0.4) is 0 Å². The average molecular weight is 164 g/mol. The van der Waals surface area contributed by atoms with Crippen LogP contribution in [-0.2, 0) is 4.74 Å². The highest BCUT2D eigenvalue weighted by molar-refractivity contribution is 5.15. The van der Waals surface area contributed by atoms with Crippen LogP contribution < -0.4 is 5.32 Å². The Bertz CT molecular complexity index is 250. The first-order valence-corrected chi connectivity index (χ1v) is 4.13. The van der Waals surface area contributed by atoms with E-state index in [2.05, 4.69) is 17.2 Å². The molecule has 64 valence electrons. The van der Waals surface area contributed by atoms with Crippen LogP contribution in [0.5, 0.6) is 0 Å². The molecular weight excluding hydrogens is 152 g/mol. The number of nitrogens with one attached hydrogen (secondary N) is 1. The van der Waals surface area contributed by atoms with Crippen molar-refractivity contribution in [2.45, 2.75) is 19.1 Å². The number of hydrogen-bond donors (Lipinski definition) is 1. The van der Waals surface area contributed by atoms with Gasteiger partial charge in [-0.15, -0.1) is 0 Å². The molecule has 1 saturated heterocycles. The van der Waals surface area contributed by atoms with Gasteiger partial charge in [-0.1, -0.05) is 0 Å². The molecule has 3 heteroatoms. The van der Waals surface area contributed by atoms with Crippen molar-refractivity contribution in [1.82, 2.24) is 10.3 Å². The van der Waals surface area contributed by atoms with Crippen molar-refractivity contribution in [3.8, 4) is 0 Å². The molecule has 12 heavy (non-hydrogen) atoms. The Morgan fingerprint density at radius 1 is 1.50 bits per heavy atom. The van der Waals surface area contributed by atoms with E-state index >= 15 is 0 Å². The lowest BCUT2D eigenvalue weighted by Crippen LogP contribution is -2.21. The summed E-state index contributed by atoms with van der Waals surface area (Å²) in [5, 5.41) is 3.23. The van der Waals surface area contributed by atoms with E-state index in [0.717, 1.165) is 0 Å². The van der Waals surface area contributed by atoms with Crippen LogP contribution in [0.25, 0.3) is 0 Å². The summed E-state index contributed by atoms with van der Waals surface area (Å²) in [5.74, 6) is 0. The van der Waals surface area contributed by atoms with Crippen molar-refractivity contribution in [2.24, 2.45) is 0 Å². The smallest absolute Gasteiger partial charge is 0.0994 e. The number of rotatable bonds is 1. The minimum atomic E-state index is 0.188. The van der Waals surface area contributed by atoms with Crippen molar-refractivity contribution in [3.63, 3.8) is 0 Å². The topological polar surface area (TPSA) is 34.1 Å². The van der Waals surface area contributed by atoms with Gasteiger partial charge in [-0.25, -0.2) is 0 Å². The van der Waals surface area contributed by atoms with Crippen LogP contribution in [0.4, 0.5) is 0 Å². The van der Waals surface area contributed by atoms with E-state index in [1.807, 2.05) is 12.1 Å². The Morgan fingerprint density at radius 2 is 2.25 bits per heavy atom.